The Morgan fingerprint density at radius 3 is 1.27 bits per heavy atom. The molecular formula is C20H14Br2. The van der Waals surface area contributed by atoms with Gasteiger partial charge in [0.25, 0.3) is 0 Å². The average molecular weight is 414 g/mol. The van der Waals surface area contributed by atoms with E-state index in [9.17, 15) is 0 Å². The standard InChI is InChI=1S/C20H14Br2/c21-11-19-9-17-7-15-5-13-3-1-2-4-14(13)6-16(15)8-18(17)10-20(19)12-22/h1-10H,11-12H2. The number of fused-ring (bicyclic) bond motifs is 3. The molecule has 0 N–H and O–H groups in total. The lowest BCUT2D eigenvalue weighted by atomic mass is 9.97. The van der Waals surface area contributed by atoms with Crippen molar-refractivity contribution in [2.45, 2.75) is 10.7 Å². The molecule has 0 atom stereocenters. The molecule has 108 valence electrons. The summed E-state index contributed by atoms with van der Waals surface area (Å²) in [5, 5.41) is 9.60. The third kappa shape index (κ3) is 2.35. The highest BCUT2D eigenvalue weighted by atomic mass is 79.9. The van der Waals surface area contributed by atoms with Crippen LogP contribution in [0.3, 0.4) is 0 Å². The summed E-state index contributed by atoms with van der Waals surface area (Å²) in [5.74, 6) is 0. The summed E-state index contributed by atoms with van der Waals surface area (Å²) in [6.45, 7) is 0. The zero-order valence-electron chi connectivity index (χ0n) is 11.9. The second-order valence-corrected chi connectivity index (χ2v) is 6.76. The molecule has 0 heterocycles. The molecule has 0 aliphatic carbocycles. The minimum Gasteiger partial charge on any atom is -0.0876 e. The van der Waals surface area contributed by atoms with E-state index in [0.29, 0.717) is 0 Å². The Kier molecular flexibility index (Phi) is 3.67. The number of hydrogen-bond donors (Lipinski definition) is 0. The van der Waals surface area contributed by atoms with Crippen LogP contribution in [0.15, 0.2) is 60.7 Å². The van der Waals surface area contributed by atoms with E-state index in [1.165, 1.54) is 43.4 Å². The third-order valence-electron chi connectivity index (χ3n) is 4.27. The van der Waals surface area contributed by atoms with Crippen LogP contribution in [0.25, 0.3) is 32.3 Å². The second-order valence-electron chi connectivity index (χ2n) is 5.63. The van der Waals surface area contributed by atoms with Crippen molar-refractivity contribution >= 4 is 64.2 Å². The smallest absolute Gasteiger partial charge is 0.0286 e. The molecule has 0 bridgehead atoms. The average Bonchev–Trinajstić information content (AvgIpc) is 2.56. The maximum Gasteiger partial charge on any atom is 0.0286 e. The van der Waals surface area contributed by atoms with E-state index in [0.717, 1.165) is 10.7 Å². The van der Waals surface area contributed by atoms with Crippen LogP contribution in [0.4, 0.5) is 0 Å². The van der Waals surface area contributed by atoms with Crippen molar-refractivity contribution in [3.05, 3.63) is 71.8 Å². The van der Waals surface area contributed by atoms with Gasteiger partial charge in [-0.25, -0.2) is 0 Å². The number of benzene rings is 4. The van der Waals surface area contributed by atoms with E-state index < -0.39 is 0 Å². The molecule has 22 heavy (non-hydrogen) atoms. The Labute approximate surface area is 146 Å². The molecule has 0 saturated carbocycles. The van der Waals surface area contributed by atoms with E-state index in [-0.39, 0.29) is 0 Å². The van der Waals surface area contributed by atoms with Gasteiger partial charge in [-0.05, 0) is 79.8 Å². The summed E-state index contributed by atoms with van der Waals surface area (Å²) in [6, 6.07) is 22.3. The third-order valence-corrected chi connectivity index (χ3v) is 5.47. The SMILES string of the molecule is BrCc1cc2cc3cc4ccccc4cc3cc2cc1CBr. The number of hydrogen-bond acceptors (Lipinski definition) is 0. The molecule has 2 heteroatoms. The highest BCUT2D eigenvalue weighted by molar-refractivity contribution is 9.09. The first-order valence-corrected chi connectivity index (χ1v) is 9.53. The lowest BCUT2D eigenvalue weighted by molar-refractivity contribution is 1.32. The summed E-state index contributed by atoms with van der Waals surface area (Å²) in [4.78, 5) is 0. The Morgan fingerprint density at radius 1 is 0.500 bits per heavy atom. The van der Waals surface area contributed by atoms with Crippen molar-refractivity contribution in [1.82, 2.24) is 0 Å². The quantitative estimate of drug-likeness (QED) is 0.246. The Morgan fingerprint density at radius 2 is 0.864 bits per heavy atom. The van der Waals surface area contributed by atoms with E-state index >= 15 is 0 Å². The van der Waals surface area contributed by atoms with Gasteiger partial charge >= 0.3 is 0 Å². The second kappa shape index (κ2) is 5.68. The summed E-state index contributed by atoms with van der Waals surface area (Å²) >= 11 is 7.19. The van der Waals surface area contributed by atoms with Gasteiger partial charge in [0.1, 0.15) is 0 Å². The van der Waals surface area contributed by atoms with Gasteiger partial charge in [0, 0.05) is 10.7 Å². The van der Waals surface area contributed by atoms with E-state index in [1.54, 1.807) is 0 Å². The van der Waals surface area contributed by atoms with Crippen molar-refractivity contribution in [2.75, 3.05) is 0 Å². The molecule has 0 aliphatic heterocycles. The molecule has 0 aromatic heterocycles. The number of alkyl halides is 2. The van der Waals surface area contributed by atoms with Crippen LogP contribution in [-0.2, 0) is 10.7 Å². The van der Waals surface area contributed by atoms with E-state index in [1.807, 2.05) is 0 Å². The van der Waals surface area contributed by atoms with Gasteiger partial charge in [0.2, 0.25) is 0 Å². The maximum atomic E-state index is 3.60. The lowest BCUT2D eigenvalue weighted by Gasteiger charge is -2.10. The van der Waals surface area contributed by atoms with Crippen molar-refractivity contribution in [2.24, 2.45) is 0 Å². The summed E-state index contributed by atoms with van der Waals surface area (Å²) < 4.78 is 0. The summed E-state index contributed by atoms with van der Waals surface area (Å²) in [6.07, 6.45) is 0. The predicted octanol–water partition coefficient (Wildman–Crippen LogP) is 6.94. The minimum atomic E-state index is 0.889. The van der Waals surface area contributed by atoms with Gasteiger partial charge in [0.05, 0.1) is 0 Å². The van der Waals surface area contributed by atoms with Gasteiger partial charge in [-0.2, -0.15) is 0 Å². The minimum absolute atomic E-state index is 0.889. The largest absolute Gasteiger partial charge is 0.0876 e. The van der Waals surface area contributed by atoms with Crippen LogP contribution >= 0.6 is 31.9 Å². The first kappa shape index (κ1) is 14.2. The number of rotatable bonds is 2. The van der Waals surface area contributed by atoms with E-state index in [4.69, 9.17) is 0 Å². The van der Waals surface area contributed by atoms with Crippen molar-refractivity contribution in [3.63, 3.8) is 0 Å². The van der Waals surface area contributed by atoms with Crippen LogP contribution in [0, 0.1) is 0 Å². The lowest BCUT2D eigenvalue weighted by Crippen LogP contribution is -1.89. The fraction of sp³-hybridized carbons (Fsp3) is 0.100. The highest BCUT2D eigenvalue weighted by Crippen LogP contribution is 2.30. The highest BCUT2D eigenvalue weighted by Gasteiger charge is 2.06. The van der Waals surface area contributed by atoms with Gasteiger partial charge < -0.3 is 0 Å². The van der Waals surface area contributed by atoms with Crippen LogP contribution in [0.2, 0.25) is 0 Å². The molecule has 0 unspecified atom stereocenters. The normalized spacial score (nSPS) is 11.5. The molecule has 4 aromatic rings. The summed E-state index contributed by atoms with van der Waals surface area (Å²) in [7, 11) is 0. The monoisotopic (exact) mass is 412 g/mol. The van der Waals surface area contributed by atoms with Crippen LogP contribution in [-0.4, -0.2) is 0 Å². The van der Waals surface area contributed by atoms with Gasteiger partial charge in [-0.1, -0.05) is 56.1 Å². The Hall–Kier alpha value is -1.38. The molecule has 4 aromatic carbocycles. The van der Waals surface area contributed by atoms with Gasteiger partial charge in [-0.15, -0.1) is 0 Å². The fourth-order valence-electron chi connectivity index (χ4n) is 3.09. The summed E-state index contributed by atoms with van der Waals surface area (Å²) in [5.41, 5.74) is 2.70. The Bertz CT molecular complexity index is 921. The molecule has 0 spiro atoms. The zero-order valence-corrected chi connectivity index (χ0v) is 15.1. The molecule has 0 fully saturated rings. The zero-order chi connectivity index (χ0) is 15.1. The van der Waals surface area contributed by atoms with E-state index in [2.05, 4.69) is 92.5 Å². The molecule has 0 nitrogen and oxygen atoms in total. The van der Waals surface area contributed by atoms with Gasteiger partial charge in [0.15, 0.2) is 0 Å². The maximum absolute atomic E-state index is 3.60. The first-order valence-electron chi connectivity index (χ1n) is 7.28. The molecule has 0 aliphatic rings. The van der Waals surface area contributed by atoms with Crippen molar-refractivity contribution in [3.8, 4) is 0 Å². The van der Waals surface area contributed by atoms with Crippen LogP contribution in [0.5, 0.6) is 0 Å². The fourth-order valence-corrected chi connectivity index (χ4v) is 4.13. The molecule has 0 radical (unpaired) electrons. The van der Waals surface area contributed by atoms with Crippen LogP contribution < -0.4 is 0 Å². The number of halogens is 2. The molecule has 0 saturated heterocycles. The van der Waals surface area contributed by atoms with Crippen molar-refractivity contribution < 1.29 is 0 Å². The van der Waals surface area contributed by atoms with Crippen molar-refractivity contribution in [1.29, 1.82) is 0 Å². The van der Waals surface area contributed by atoms with Gasteiger partial charge in [-0.3, -0.25) is 0 Å². The Balaban J connectivity index is 2.07. The molecule has 4 rings (SSSR count). The first-order chi connectivity index (χ1) is 10.8. The molecular weight excluding hydrogens is 400 g/mol. The van der Waals surface area contributed by atoms with Crippen LogP contribution in [0.1, 0.15) is 11.1 Å². The topological polar surface area (TPSA) is 0 Å². The predicted molar refractivity (Wildman–Crippen MR) is 104 cm³/mol. The molecule has 0 amide bonds.